The molecule has 0 N–H and O–H groups in total. The van der Waals surface area contributed by atoms with E-state index in [4.69, 9.17) is 15.8 Å². The minimum atomic E-state index is -1.10. The third kappa shape index (κ3) is 1.42. The number of hydrogen-bond donors (Lipinski definition) is 0. The fraction of sp³-hybridized carbons (Fsp3) is 0. The van der Waals surface area contributed by atoms with Crippen molar-refractivity contribution in [3.8, 4) is 17.9 Å². The first kappa shape index (κ1) is 5.53. The van der Waals surface area contributed by atoms with Crippen LogP contribution in [0.2, 0.25) is 0 Å². The lowest BCUT2D eigenvalue weighted by atomic mass is 9.55. The fourth-order valence-electron chi connectivity index (χ4n) is 0.0866. The number of nitrogens with zero attached hydrogens (tertiary/aromatic N) is 3. The molecule has 0 aliphatic heterocycles. The van der Waals surface area contributed by atoms with E-state index < -0.39 is 6.71 Å². The van der Waals surface area contributed by atoms with Crippen LogP contribution in [0.25, 0.3) is 0 Å². The van der Waals surface area contributed by atoms with Gasteiger partial charge >= 0.3 is 6.71 Å². The van der Waals surface area contributed by atoms with Crippen LogP contribution in [0.15, 0.2) is 0 Å². The first-order valence-electron chi connectivity index (χ1n) is 1.54. The van der Waals surface area contributed by atoms with E-state index in [0.717, 1.165) is 0 Å². The predicted octanol–water partition coefficient (Wildman–Crippen LogP) is -0.330. The Balaban J connectivity index is 3.82. The highest BCUT2D eigenvalue weighted by Gasteiger charge is 2.08. The molecular formula is C3BN3. The largest absolute Gasteiger partial charge is 0.495 e. The van der Waals surface area contributed by atoms with Crippen molar-refractivity contribution in [3.05, 3.63) is 0 Å². The highest BCUT2D eigenvalue weighted by Crippen LogP contribution is 1.67. The van der Waals surface area contributed by atoms with Gasteiger partial charge in [-0.2, -0.15) is 0 Å². The van der Waals surface area contributed by atoms with Gasteiger partial charge in [-0.15, -0.1) is 0 Å². The van der Waals surface area contributed by atoms with Gasteiger partial charge in [-0.1, -0.05) is 0 Å². The molecule has 0 atom stereocenters. The van der Waals surface area contributed by atoms with Crippen LogP contribution in [0.5, 0.6) is 0 Å². The van der Waals surface area contributed by atoms with Crippen molar-refractivity contribution >= 4 is 6.71 Å². The average Bonchev–Trinajstić information content (AvgIpc) is 1.72. The molecule has 0 rings (SSSR count). The van der Waals surface area contributed by atoms with E-state index in [1.165, 1.54) is 17.9 Å². The van der Waals surface area contributed by atoms with Gasteiger partial charge < -0.3 is 0 Å². The lowest BCUT2D eigenvalue weighted by Gasteiger charge is -1.61. The second kappa shape index (κ2) is 2.76. The lowest BCUT2D eigenvalue weighted by molar-refractivity contribution is 1.52. The summed E-state index contributed by atoms with van der Waals surface area (Å²) in [7, 11) is 0. The lowest BCUT2D eigenvalue weighted by Crippen LogP contribution is -2.01. The molecule has 0 spiro atoms. The molecule has 0 aliphatic rings. The van der Waals surface area contributed by atoms with Crippen LogP contribution in [0.3, 0.4) is 0 Å². The SMILES string of the molecule is N#CB(C#N)C#N. The van der Waals surface area contributed by atoms with Gasteiger partial charge in [0.05, 0.1) is 0 Å². The minimum Gasteiger partial charge on any atom is -0.209 e. The summed E-state index contributed by atoms with van der Waals surface area (Å²) >= 11 is 0. The van der Waals surface area contributed by atoms with Crippen molar-refractivity contribution in [2.24, 2.45) is 0 Å². The molecule has 0 fully saturated rings. The van der Waals surface area contributed by atoms with E-state index in [1.807, 2.05) is 0 Å². The Labute approximate surface area is 41.5 Å². The Hall–Kier alpha value is -1.47. The summed E-state index contributed by atoms with van der Waals surface area (Å²) in [6, 6.07) is 0. The van der Waals surface area contributed by atoms with Crippen molar-refractivity contribution in [3.63, 3.8) is 0 Å². The highest BCUT2D eigenvalue weighted by molar-refractivity contribution is 6.81. The first-order chi connectivity index (χ1) is 3.35. The predicted molar refractivity (Wildman–Crippen MR) is 22.6 cm³/mol. The summed E-state index contributed by atoms with van der Waals surface area (Å²) in [5.74, 6) is 4.44. The standard InChI is InChI=1S/C3BN3/c5-1-4(2-6)3-7. The molecule has 0 aliphatic carbocycles. The molecule has 3 nitrogen and oxygen atoms in total. The van der Waals surface area contributed by atoms with Crippen LogP contribution >= 0.6 is 0 Å². The molecule has 0 aromatic rings. The van der Waals surface area contributed by atoms with E-state index in [9.17, 15) is 0 Å². The molecular weight excluding hydrogens is 88.9 g/mol. The van der Waals surface area contributed by atoms with Gasteiger partial charge in [0.2, 0.25) is 0 Å². The minimum absolute atomic E-state index is 1.10. The molecule has 7 heavy (non-hydrogen) atoms. The maximum Gasteiger partial charge on any atom is 0.495 e. The second-order valence-electron chi connectivity index (χ2n) is 0.820. The van der Waals surface area contributed by atoms with Crippen LogP contribution in [0, 0.1) is 33.7 Å². The van der Waals surface area contributed by atoms with Gasteiger partial charge in [0.15, 0.2) is 0 Å². The number of nitriles is 3. The topological polar surface area (TPSA) is 71.4 Å². The van der Waals surface area contributed by atoms with Gasteiger partial charge in [0, 0.05) is 17.9 Å². The van der Waals surface area contributed by atoms with E-state index in [-0.39, 0.29) is 0 Å². The molecule has 0 saturated heterocycles. The van der Waals surface area contributed by atoms with Crippen molar-refractivity contribution in [2.45, 2.75) is 0 Å². The Kier molecular flexibility index (Phi) is 2.18. The number of hydrogen-bond acceptors (Lipinski definition) is 3. The van der Waals surface area contributed by atoms with Gasteiger partial charge in [0.25, 0.3) is 0 Å². The van der Waals surface area contributed by atoms with Crippen LogP contribution < -0.4 is 0 Å². The molecule has 0 bridgehead atoms. The van der Waals surface area contributed by atoms with E-state index in [0.29, 0.717) is 0 Å². The Morgan fingerprint density at radius 3 is 1.14 bits per heavy atom. The highest BCUT2D eigenvalue weighted by atomic mass is 14.3. The molecule has 0 unspecified atom stereocenters. The van der Waals surface area contributed by atoms with E-state index >= 15 is 0 Å². The maximum atomic E-state index is 7.83. The van der Waals surface area contributed by atoms with Gasteiger partial charge in [-0.25, -0.2) is 15.8 Å². The van der Waals surface area contributed by atoms with Crippen LogP contribution in [0.1, 0.15) is 0 Å². The quantitative estimate of drug-likeness (QED) is 0.381. The Morgan fingerprint density at radius 1 is 0.857 bits per heavy atom. The smallest absolute Gasteiger partial charge is 0.209 e. The zero-order valence-corrected chi connectivity index (χ0v) is 3.42. The summed E-state index contributed by atoms with van der Waals surface area (Å²) in [5.41, 5.74) is 0. The summed E-state index contributed by atoms with van der Waals surface area (Å²) < 4.78 is 0. The molecule has 0 aromatic carbocycles. The molecule has 30 valence electrons. The molecule has 0 amide bonds. The fourth-order valence-corrected chi connectivity index (χ4v) is 0.0866. The molecule has 0 heterocycles. The van der Waals surface area contributed by atoms with Crippen LogP contribution in [-0.2, 0) is 0 Å². The van der Waals surface area contributed by atoms with E-state index in [2.05, 4.69) is 0 Å². The van der Waals surface area contributed by atoms with Crippen molar-refractivity contribution in [2.75, 3.05) is 0 Å². The van der Waals surface area contributed by atoms with Crippen LogP contribution in [-0.4, -0.2) is 6.71 Å². The Bertz CT molecular complexity index is 133. The normalized spacial score (nSPS) is 4.71. The van der Waals surface area contributed by atoms with E-state index in [1.54, 1.807) is 0 Å². The third-order valence-electron chi connectivity index (χ3n) is 0.387. The van der Waals surface area contributed by atoms with Crippen molar-refractivity contribution < 1.29 is 0 Å². The maximum absolute atomic E-state index is 7.83. The van der Waals surface area contributed by atoms with Gasteiger partial charge in [0.1, 0.15) is 0 Å². The summed E-state index contributed by atoms with van der Waals surface area (Å²) in [6.45, 7) is -1.10. The first-order valence-corrected chi connectivity index (χ1v) is 1.54. The zero-order chi connectivity index (χ0) is 5.70. The Morgan fingerprint density at radius 2 is 1.14 bits per heavy atom. The van der Waals surface area contributed by atoms with Crippen molar-refractivity contribution in [1.82, 2.24) is 0 Å². The van der Waals surface area contributed by atoms with Gasteiger partial charge in [-0.05, 0) is 0 Å². The average molecular weight is 88.9 g/mol. The zero-order valence-electron chi connectivity index (χ0n) is 3.42. The van der Waals surface area contributed by atoms with Crippen molar-refractivity contribution in [1.29, 1.82) is 15.8 Å². The second-order valence-corrected chi connectivity index (χ2v) is 0.820. The van der Waals surface area contributed by atoms with Gasteiger partial charge in [-0.3, -0.25) is 0 Å². The summed E-state index contributed by atoms with van der Waals surface area (Å²) in [6.07, 6.45) is 0. The number of rotatable bonds is 0. The summed E-state index contributed by atoms with van der Waals surface area (Å²) in [5, 5.41) is 23.5. The molecule has 0 saturated carbocycles. The van der Waals surface area contributed by atoms with Crippen LogP contribution in [0.4, 0.5) is 0 Å². The third-order valence-corrected chi connectivity index (χ3v) is 0.387. The molecule has 4 heteroatoms. The molecule has 0 radical (unpaired) electrons. The summed E-state index contributed by atoms with van der Waals surface area (Å²) in [4.78, 5) is 0. The monoisotopic (exact) mass is 89.0 g/mol. The molecule has 0 aromatic heterocycles.